The van der Waals surface area contributed by atoms with Gasteiger partial charge in [-0.3, -0.25) is 19.7 Å². The number of nitro groups is 1. The van der Waals surface area contributed by atoms with Crippen LogP contribution < -0.4 is 9.47 Å². The number of rotatable bonds is 7. The van der Waals surface area contributed by atoms with E-state index in [-0.39, 0.29) is 35.0 Å². The van der Waals surface area contributed by atoms with Gasteiger partial charge in [0.2, 0.25) is 5.75 Å². The predicted octanol–water partition coefficient (Wildman–Crippen LogP) is 3.36. The number of benzene rings is 2. The van der Waals surface area contributed by atoms with Crippen molar-refractivity contribution >= 4 is 35.8 Å². The fraction of sp³-hybridized carbons (Fsp3) is 0.231. The average molecular weight is 487 g/mol. The van der Waals surface area contributed by atoms with Gasteiger partial charge in [-0.2, -0.15) is 10.1 Å². The standard InChI is InChI=1S/C26H21N3O7/c1-35-19-10-5-15(6-11-19)7-12-21(30)36-24-18(3-2-4-20(24)29(33)34)14-27-28-25(31)22-16-8-9-17(13-16)23(22)26(28)32/h2-12,14,16-17,22-23H,13H2,1H3/b12-7+,27-14?/t16-,17-,22-,23+/m0/s1. The molecule has 2 aliphatic carbocycles. The van der Waals surface area contributed by atoms with Crippen LogP contribution in [0.3, 0.4) is 0 Å². The highest BCUT2D eigenvalue weighted by Crippen LogP contribution is 2.52. The van der Waals surface area contributed by atoms with Crippen LogP contribution in [-0.4, -0.2) is 41.0 Å². The zero-order chi connectivity index (χ0) is 25.4. The fourth-order valence-electron chi connectivity index (χ4n) is 5.03. The average Bonchev–Trinajstić information content (AvgIpc) is 3.56. The summed E-state index contributed by atoms with van der Waals surface area (Å²) in [6.07, 6.45) is 8.50. The Morgan fingerprint density at radius 1 is 1.08 bits per heavy atom. The van der Waals surface area contributed by atoms with Crippen molar-refractivity contribution in [3.05, 3.63) is 81.9 Å². The number of allylic oxidation sites excluding steroid dienone is 2. The quantitative estimate of drug-likeness (QED) is 0.0856. The third-order valence-corrected chi connectivity index (χ3v) is 6.71. The van der Waals surface area contributed by atoms with Gasteiger partial charge in [-0.15, -0.1) is 0 Å². The Morgan fingerprint density at radius 2 is 1.75 bits per heavy atom. The van der Waals surface area contributed by atoms with Gasteiger partial charge in [0.05, 0.1) is 30.1 Å². The van der Waals surface area contributed by atoms with Crippen molar-refractivity contribution < 1.29 is 28.8 Å². The minimum Gasteiger partial charge on any atom is -0.497 e. The number of fused-ring (bicyclic) bond motifs is 5. The number of hydrogen-bond acceptors (Lipinski definition) is 8. The van der Waals surface area contributed by atoms with Gasteiger partial charge in [-0.1, -0.05) is 30.4 Å². The Labute approximate surface area is 205 Å². The smallest absolute Gasteiger partial charge is 0.336 e. The number of imide groups is 1. The molecule has 2 amide bonds. The van der Waals surface area contributed by atoms with E-state index in [1.807, 2.05) is 12.2 Å². The minimum absolute atomic E-state index is 0.0310. The fourth-order valence-corrected chi connectivity index (χ4v) is 5.03. The molecule has 0 radical (unpaired) electrons. The third-order valence-electron chi connectivity index (χ3n) is 6.71. The third kappa shape index (κ3) is 4.06. The monoisotopic (exact) mass is 487 g/mol. The van der Waals surface area contributed by atoms with Crippen molar-refractivity contribution in [2.75, 3.05) is 7.11 Å². The Hall–Kier alpha value is -4.60. The number of hydrazone groups is 1. The summed E-state index contributed by atoms with van der Waals surface area (Å²) in [4.78, 5) is 49.1. The molecule has 1 saturated heterocycles. The Balaban J connectivity index is 1.37. The Morgan fingerprint density at radius 3 is 2.36 bits per heavy atom. The lowest BCUT2D eigenvalue weighted by Crippen LogP contribution is -2.28. The highest BCUT2D eigenvalue weighted by atomic mass is 16.6. The second-order valence-corrected chi connectivity index (χ2v) is 8.71. The van der Waals surface area contributed by atoms with Crippen LogP contribution in [0.5, 0.6) is 11.5 Å². The van der Waals surface area contributed by atoms with E-state index in [2.05, 4.69) is 5.10 Å². The summed E-state index contributed by atoms with van der Waals surface area (Å²) in [5, 5.41) is 16.5. The Kier molecular flexibility index (Phi) is 5.93. The number of carbonyl (C=O) groups is 3. The van der Waals surface area contributed by atoms with E-state index >= 15 is 0 Å². The lowest BCUT2D eigenvalue weighted by molar-refractivity contribution is -0.385. The molecule has 1 heterocycles. The summed E-state index contributed by atoms with van der Waals surface area (Å²) >= 11 is 0. The Bertz CT molecular complexity index is 1320. The number of methoxy groups -OCH3 is 1. The van der Waals surface area contributed by atoms with E-state index < -0.39 is 28.4 Å². The van der Waals surface area contributed by atoms with E-state index in [9.17, 15) is 24.5 Å². The molecule has 1 aliphatic heterocycles. The molecule has 2 aromatic carbocycles. The predicted molar refractivity (Wildman–Crippen MR) is 128 cm³/mol. The topological polar surface area (TPSA) is 128 Å². The largest absolute Gasteiger partial charge is 0.497 e. The molecule has 1 saturated carbocycles. The lowest BCUT2D eigenvalue weighted by atomic mass is 9.85. The summed E-state index contributed by atoms with van der Waals surface area (Å²) in [7, 11) is 1.54. The molecule has 4 atom stereocenters. The molecule has 0 unspecified atom stereocenters. The van der Waals surface area contributed by atoms with Gasteiger partial charge < -0.3 is 9.47 Å². The summed E-state index contributed by atoms with van der Waals surface area (Å²) in [5.41, 5.74) is 0.314. The number of carbonyl (C=O) groups excluding carboxylic acids is 3. The highest BCUT2D eigenvalue weighted by Gasteiger charge is 2.59. The molecular formula is C26H21N3O7. The van der Waals surface area contributed by atoms with Gasteiger partial charge in [0, 0.05) is 17.7 Å². The number of para-hydroxylation sites is 1. The highest BCUT2D eigenvalue weighted by molar-refractivity contribution is 6.07. The molecule has 0 spiro atoms. The number of nitrogens with zero attached hydrogens (tertiary/aromatic N) is 3. The number of ether oxygens (including phenoxy) is 2. The second-order valence-electron chi connectivity index (χ2n) is 8.71. The SMILES string of the molecule is COc1ccc(/C=C/C(=O)Oc2c(C=NN3C(=O)[C@@H]4[C@H](C3=O)[C@H]3C=C[C@H]4C3)cccc2[N+](=O)[O-])cc1. The zero-order valence-corrected chi connectivity index (χ0v) is 19.1. The molecule has 36 heavy (non-hydrogen) atoms. The molecular weight excluding hydrogens is 466 g/mol. The molecule has 0 N–H and O–H groups in total. The number of amides is 2. The van der Waals surface area contributed by atoms with Crippen LogP contribution in [0, 0.1) is 33.8 Å². The maximum absolute atomic E-state index is 12.9. The van der Waals surface area contributed by atoms with Crippen molar-refractivity contribution in [3.63, 3.8) is 0 Å². The molecule has 10 nitrogen and oxygen atoms in total. The molecule has 10 heteroatoms. The first kappa shape index (κ1) is 23.2. The first-order valence-electron chi connectivity index (χ1n) is 11.3. The first-order valence-corrected chi connectivity index (χ1v) is 11.3. The number of hydrogen-bond donors (Lipinski definition) is 0. The van der Waals surface area contributed by atoms with Crippen molar-refractivity contribution in [1.82, 2.24) is 5.01 Å². The molecule has 2 fully saturated rings. The molecule has 0 aromatic heterocycles. The normalized spacial score (nSPS) is 24.2. The van der Waals surface area contributed by atoms with E-state index in [4.69, 9.17) is 9.47 Å². The molecule has 2 aromatic rings. The molecule has 182 valence electrons. The summed E-state index contributed by atoms with van der Waals surface area (Å²) < 4.78 is 10.4. The lowest BCUT2D eigenvalue weighted by Gasteiger charge is -2.13. The van der Waals surface area contributed by atoms with Crippen molar-refractivity contribution in [2.45, 2.75) is 6.42 Å². The maximum Gasteiger partial charge on any atom is 0.336 e. The van der Waals surface area contributed by atoms with Crippen LogP contribution in [0.15, 0.2) is 65.8 Å². The van der Waals surface area contributed by atoms with Crippen molar-refractivity contribution in [1.29, 1.82) is 0 Å². The van der Waals surface area contributed by atoms with Crippen LogP contribution in [0.1, 0.15) is 17.5 Å². The van der Waals surface area contributed by atoms with E-state index in [0.29, 0.717) is 11.3 Å². The van der Waals surface area contributed by atoms with Gasteiger partial charge in [0.1, 0.15) is 5.75 Å². The molecule has 2 bridgehead atoms. The molecule has 5 rings (SSSR count). The summed E-state index contributed by atoms with van der Waals surface area (Å²) in [6, 6.07) is 10.9. The number of nitro benzene ring substituents is 1. The van der Waals surface area contributed by atoms with Gasteiger partial charge in [-0.05, 0) is 48.1 Å². The number of esters is 1. The molecule has 3 aliphatic rings. The van der Waals surface area contributed by atoms with Gasteiger partial charge in [0.25, 0.3) is 11.8 Å². The summed E-state index contributed by atoms with van der Waals surface area (Å²) in [5.74, 6) is -2.08. The van der Waals surface area contributed by atoms with E-state index in [0.717, 1.165) is 23.7 Å². The van der Waals surface area contributed by atoms with Crippen LogP contribution in [0.2, 0.25) is 0 Å². The van der Waals surface area contributed by atoms with E-state index in [1.165, 1.54) is 31.4 Å². The zero-order valence-electron chi connectivity index (χ0n) is 19.1. The van der Waals surface area contributed by atoms with Crippen LogP contribution in [0.4, 0.5) is 5.69 Å². The second kappa shape index (κ2) is 9.21. The van der Waals surface area contributed by atoms with Gasteiger partial charge >= 0.3 is 11.7 Å². The summed E-state index contributed by atoms with van der Waals surface area (Å²) in [6.45, 7) is 0. The van der Waals surface area contributed by atoms with Crippen molar-refractivity contribution in [3.8, 4) is 11.5 Å². The van der Waals surface area contributed by atoms with Crippen LogP contribution in [-0.2, 0) is 14.4 Å². The minimum atomic E-state index is -0.847. The van der Waals surface area contributed by atoms with Crippen molar-refractivity contribution in [2.24, 2.45) is 28.8 Å². The van der Waals surface area contributed by atoms with Crippen LogP contribution >= 0.6 is 0 Å². The van der Waals surface area contributed by atoms with Crippen LogP contribution in [0.25, 0.3) is 6.08 Å². The first-order chi connectivity index (χ1) is 17.4. The van der Waals surface area contributed by atoms with Gasteiger partial charge in [-0.25, -0.2) is 4.79 Å². The van der Waals surface area contributed by atoms with Gasteiger partial charge in [0.15, 0.2) is 0 Å². The maximum atomic E-state index is 12.9. The van der Waals surface area contributed by atoms with E-state index in [1.54, 1.807) is 24.3 Å².